The Labute approximate surface area is 170 Å². The molecule has 1 saturated carbocycles. The number of hydrogen-bond donors (Lipinski definition) is 3. The smallest absolute Gasteiger partial charge is 0.234 e. The lowest BCUT2D eigenvalue weighted by Crippen LogP contribution is -2.37. The topological polar surface area (TPSA) is 96.0 Å². The Morgan fingerprint density at radius 1 is 1.41 bits per heavy atom. The molecule has 0 bridgehead atoms. The van der Waals surface area contributed by atoms with Crippen LogP contribution in [0.2, 0.25) is 0 Å². The van der Waals surface area contributed by atoms with Crippen molar-refractivity contribution in [3.63, 3.8) is 0 Å². The summed E-state index contributed by atoms with van der Waals surface area (Å²) in [6.07, 6.45) is 2.05. The van der Waals surface area contributed by atoms with Gasteiger partial charge in [0.2, 0.25) is 5.91 Å². The van der Waals surface area contributed by atoms with E-state index in [4.69, 9.17) is 10.5 Å². The SMILES string of the molecule is CC(=O)N(Br)c1c([C@H](O)CN)ccc(O)c1O[C@@H]1C[C@H](C)CC[C@H]1C(C)C. The molecule has 0 spiro atoms. The van der Waals surface area contributed by atoms with Crippen molar-refractivity contribution in [2.45, 2.75) is 59.2 Å². The summed E-state index contributed by atoms with van der Waals surface area (Å²) >= 11 is 3.25. The minimum atomic E-state index is -0.978. The number of anilines is 1. The number of halogens is 1. The van der Waals surface area contributed by atoms with E-state index in [-0.39, 0.29) is 30.1 Å². The van der Waals surface area contributed by atoms with Gasteiger partial charge in [-0.3, -0.25) is 4.79 Å². The van der Waals surface area contributed by atoms with Gasteiger partial charge in [0, 0.05) is 19.0 Å². The number of ether oxygens (including phenoxy) is 1. The molecule has 1 aliphatic carbocycles. The predicted octanol–water partition coefficient (Wildman–Crippen LogP) is 3.89. The van der Waals surface area contributed by atoms with Gasteiger partial charge in [-0.15, -0.1) is 0 Å². The summed E-state index contributed by atoms with van der Waals surface area (Å²) in [5.74, 6) is 1.17. The van der Waals surface area contributed by atoms with E-state index in [1.54, 1.807) is 6.07 Å². The molecule has 1 amide bonds. The van der Waals surface area contributed by atoms with Crippen molar-refractivity contribution in [1.29, 1.82) is 0 Å². The molecule has 2 rings (SSSR count). The van der Waals surface area contributed by atoms with Crippen molar-refractivity contribution in [1.82, 2.24) is 0 Å². The molecule has 1 aliphatic rings. The molecule has 27 heavy (non-hydrogen) atoms. The van der Waals surface area contributed by atoms with Crippen LogP contribution in [0.15, 0.2) is 12.1 Å². The van der Waals surface area contributed by atoms with Crippen molar-refractivity contribution in [3.05, 3.63) is 17.7 Å². The Hall–Kier alpha value is -1.31. The molecule has 6 nitrogen and oxygen atoms in total. The van der Waals surface area contributed by atoms with Crippen LogP contribution in [0.25, 0.3) is 0 Å². The Balaban J connectivity index is 2.52. The molecule has 0 radical (unpaired) electrons. The quantitative estimate of drug-likeness (QED) is 0.580. The maximum atomic E-state index is 12.0. The van der Waals surface area contributed by atoms with Gasteiger partial charge in [0.1, 0.15) is 11.8 Å². The number of nitrogens with zero attached hydrogens (tertiary/aromatic N) is 1. The van der Waals surface area contributed by atoms with Gasteiger partial charge in [-0.1, -0.05) is 33.3 Å². The van der Waals surface area contributed by atoms with E-state index in [9.17, 15) is 15.0 Å². The van der Waals surface area contributed by atoms with Crippen LogP contribution in [0, 0.1) is 17.8 Å². The zero-order valence-electron chi connectivity index (χ0n) is 16.5. The van der Waals surface area contributed by atoms with E-state index in [0.717, 1.165) is 19.3 Å². The van der Waals surface area contributed by atoms with Gasteiger partial charge in [-0.2, -0.15) is 0 Å². The number of rotatable bonds is 6. The number of carbonyl (C=O) groups excluding carboxylic acids is 1. The summed E-state index contributed by atoms with van der Waals surface area (Å²) in [6.45, 7) is 7.94. The number of nitrogens with two attached hydrogens (primary N) is 1. The third-order valence-corrected chi connectivity index (χ3v) is 6.28. The first-order valence-corrected chi connectivity index (χ1v) is 10.2. The Bertz CT molecular complexity index is 668. The van der Waals surface area contributed by atoms with E-state index < -0.39 is 6.10 Å². The van der Waals surface area contributed by atoms with Crippen molar-refractivity contribution >= 4 is 27.7 Å². The second-order valence-corrected chi connectivity index (χ2v) is 8.59. The highest BCUT2D eigenvalue weighted by molar-refractivity contribution is 9.10. The molecule has 4 N–H and O–H groups in total. The van der Waals surface area contributed by atoms with E-state index in [1.165, 1.54) is 16.9 Å². The fourth-order valence-corrected chi connectivity index (χ4v) is 4.22. The number of amides is 1. The van der Waals surface area contributed by atoms with Crippen LogP contribution in [-0.4, -0.2) is 28.8 Å². The third kappa shape index (κ3) is 4.95. The summed E-state index contributed by atoms with van der Waals surface area (Å²) in [5.41, 5.74) is 6.37. The number of aliphatic hydroxyl groups excluding tert-OH is 1. The molecule has 0 aliphatic heterocycles. The third-order valence-electron chi connectivity index (χ3n) is 5.43. The largest absolute Gasteiger partial charge is 0.504 e. The molecule has 1 aromatic carbocycles. The summed E-state index contributed by atoms with van der Waals surface area (Å²) in [5, 5.41) is 20.8. The van der Waals surface area contributed by atoms with Crippen molar-refractivity contribution in [2.24, 2.45) is 23.5 Å². The summed E-state index contributed by atoms with van der Waals surface area (Å²) in [7, 11) is 0. The lowest BCUT2D eigenvalue weighted by molar-refractivity contribution is -0.115. The molecule has 0 aromatic heterocycles. The van der Waals surface area contributed by atoms with Gasteiger partial charge in [0.05, 0.1) is 22.3 Å². The molecule has 1 aromatic rings. The van der Waals surface area contributed by atoms with Gasteiger partial charge in [-0.05, 0) is 36.7 Å². The van der Waals surface area contributed by atoms with E-state index in [0.29, 0.717) is 29.0 Å². The lowest BCUT2D eigenvalue weighted by Gasteiger charge is -2.38. The number of aliphatic hydroxyl groups is 1. The Morgan fingerprint density at radius 2 is 2.07 bits per heavy atom. The van der Waals surface area contributed by atoms with Crippen LogP contribution in [0.5, 0.6) is 11.5 Å². The molecular weight excluding hydrogens is 412 g/mol. The second-order valence-electron chi connectivity index (χ2n) is 7.89. The molecule has 4 atom stereocenters. The summed E-state index contributed by atoms with van der Waals surface area (Å²) in [4.78, 5) is 12.0. The first-order valence-electron chi connectivity index (χ1n) is 9.54. The van der Waals surface area contributed by atoms with Gasteiger partial charge < -0.3 is 20.7 Å². The summed E-state index contributed by atoms with van der Waals surface area (Å²) < 4.78 is 7.56. The van der Waals surface area contributed by atoms with Gasteiger partial charge >= 0.3 is 0 Å². The number of benzene rings is 1. The number of aromatic hydroxyl groups is 1. The maximum Gasteiger partial charge on any atom is 0.234 e. The van der Waals surface area contributed by atoms with Crippen LogP contribution in [0.4, 0.5) is 5.69 Å². The second kappa shape index (κ2) is 9.26. The molecule has 1 fully saturated rings. The van der Waals surface area contributed by atoms with Crippen molar-refractivity contribution in [3.8, 4) is 11.5 Å². The number of hydrogen-bond acceptors (Lipinski definition) is 5. The minimum Gasteiger partial charge on any atom is -0.504 e. The van der Waals surface area contributed by atoms with Crippen LogP contribution < -0.4 is 14.4 Å². The first-order chi connectivity index (χ1) is 12.7. The highest BCUT2D eigenvalue weighted by Gasteiger charge is 2.35. The average molecular weight is 443 g/mol. The minimum absolute atomic E-state index is 0.00889. The predicted molar refractivity (Wildman–Crippen MR) is 110 cm³/mol. The normalized spacial score (nSPS) is 23.9. The maximum absolute atomic E-state index is 12.0. The van der Waals surface area contributed by atoms with Crippen molar-refractivity contribution in [2.75, 3.05) is 10.5 Å². The van der Waals surface area contributed by atoms with Crippen molar-refractivity contribution < 1.29 is 19.7 Å². The first kappa shape index (κ1) is 22.0. The highest BCUT2D eigenvalue weighted by atomic mass is 79.9. The molecule has 0 unspecified atom stereocenters. The fourth-order valence-electron chi connectivity index (χ4n) is 3.85. The van der Waals surface area contributed by atoms with E-state index in [2.05, 4.69) is 36.9 Å². The van der Waals surface area contributed by atoms with Crippen LogP contribution in [0.1, 0.15) is 58.6 Å². The number of carbonyl (C=O) groups is 1. The lowest BCUT2D eigenvalue weighted by atomic mass is 9.75. The molecule has 0 heterocycles. The molecular formula is C20H31BrN2O4. The van der Waals surface area contributed by atoms with Gasteiger partial charge in [0.15, 0.2) is 11.5 Å². The zero-order chi connectivity index (χ0) is 20.3. The number of phenolic OH excluding ortho intramolecular Hbond substituents is 1. The van der Waals surface area contributed by atoms with E-state index in [1.807, 2.05) is 0 Å². The Kier molecular flexibility index (Phi) is 7.54. The molecule has 152 valence electrons. The molecule has 7 heteroatoms. The average Bonchev–Trinajstić information content (AvgIpc) is 2.61. The van der Waals surface area contributed by atoms with Crippen LogP contribution in [0.3, 0.4) is 0 Å². The summed E-state index contributed by atoms with van der Waals surface area (Å²) in [6, 6.07) is 3.04. The van der Waals surface area contributed by atoms with Gasteiger partial charge in [-0.25, -0.2) is 3.93 Å². The highest BCUT2D eigenvalue weighted by Crippen LogP contribution is 2.46. The Morgan fingerprint density at radius 3 is 2.63 bits per heavy atom. The number of phenols is 1. The molecule has 0 saturated heterocycles. The van der Waals surface area contributed by atoms with E-state index >= 15 is 0 Å². The zero-order valence-corrected chi connectivity index (χ0v) is 18.1. The monoisotopic (exact) mass is 442 g/mol. The van der Waals surface area contributed by atoms with Crippen LogP contribution in [-0.2, 0) is 4.79 Å². The fraction of sp³-hybridized carbons (Fsp3) is 0.650. The van der Waals surface area contributed by atoms with Crippen LogP contribution >= 0.6 is 16.1 Å². The van der Waals surface area contributed by atoms with Gasteiger partial charge in [0.25, 0.3) is 0 Å². The standard InChI is InChI=1S/C20H31BrN2O4/c1-11(2)14-6-5-12(3)9-18(14)27-20-16(25)8-7-15(17(26)10-22)19(20)23(21)13(4)24/h7-8,11-12,14,17-18,25-26H,5-6,9-10,22H2,1-4H3/t12-,14+,17-,18-/m1/s1.